The lowest BCUT2D eigenvalue weighted by Gasteiger charge is -1.99. The Bertz CT molecular complexity index is 357. The van der Waals surface area contributed by atoms with Crippen LogP contribution in [0.2, 0.25) is 0 Å². The van der Waals surface area contributed by atoms with Gasteiger partial charge in [-0.05, 0) is 23.8 Å². The van der Waals surface area contributed by atoms with Crippen LogP contribution in [0.25, 0.3) is 6.08 Å². The van der Waals surface area contributed by atoms with E-state index in [4.69, 9.17) is 9.84 Å². The number of benzene rings is 1. The van der Waals surface area contributed by atoms with E-state index in [9.17, 15) is 4.79 Å². The first-order chi connectivity index (χ1) is 7.72. The van der Waals surface area contributed by atoms with E-state index < -0.39 is 0 Å². The molecule has 1 rings (SSSR count). The van der Waals surface area contributed by atoms with Crippen molar-refractivity contribution >= 4 is 12.0 Å². The van der Waals surface area contributed by atoms with Crippen molar-refractivity contribution in [2.45, 2.75) is 0 Å². The zero-order valence-electron chi connectivity index (χ0n) is 9.14. The van der Waals surface area contributed by atoms with Crippen molar-refractivity contribution in [2.75, 3.05) is 20.3 Å². The summed E-state index contributed by atoms with van der Waals surface area (Å²) in [6.45, 7) is 0.994. The summed E-state index contributed by atoms with van der Waals surface area (Å²) in [5, 5.41) is 11.7. The highest BCUT2D eigenvalue weighted by Crippen LogP contribution is 2.10. The largest absolute Gasteiger partial charge is 0.508 e. The molecule has 1 amide bonds. The van der Waals surface area contributed by atoms with Crippen molar-refractivity contribution in [3.05, 3.63) is 35.9 Å². The molecule has 1 aromatic carbocycles. The summed E-state index contributed by atoms with van der Waals surface area (Å²) in [4.78, 5) is 11.3. The average molecular weight is 221 g/mol. The summed E-state index contributed by atoms with van der Waals surface area (Å²) >= 11 is 0. The number of aromatic hydroxyl groups is 1. The Labute approximate surface area is 94.6 Å². The quantitative estimate of drug-likeness (QED) is 0.579. The van der Waals surface area contributed by atoms with E-state index in [1.54, 1.807) is 37.5 Å². The predicted octanol–water partition coefficient (Wildman–Crippen LogP) is 1.17. The van der Waals surface area contributed by atoms with Gasteiger partial charge in [0.15, 0.2) is 0 Å². The fourth-order valence-corrected chi connectivity index (χ4v) is 1.09. The van der Waals surface area contributed by atoms with E-state index in [-0.39, 0.29) is 11.7 Å². The molecule has 4 nitrogen and oxygen atoms in total. The molecule has 0 radical (unpaired) electrons. The molecule has 0 aliphatic heterocycles. The number of hydrogen-bond donors (Lipinski definition) is 2. The van der Waals surface area contributed by atoms with Crippen LogP contribution in [0.1, 0.15) is 5.56 Å². The van der Waals surface area contributed by atoms with Gasteiger partial charge in [0.2, 0.25) is 5.91 Å². The minimum absolute atomic E-state index is 0.162. The molecule has 0 atom stereocenters. The molecule has 0 fully saturated rings. The van der Waals surface area contributed by atoms with Crippen LogP contribution in [-0.4, -0.2) is 31.3 Å². The first kappa shape index (κ1) is 12.3. The summed E-state index contributed by atoms with van der Waals surface area (Å²) in [5.41, 5.74) is 0.861. The average Bonchev–Trinajstić information content (AvgIpc) is 2.29. The third-order valence-corrected chi connectivity index (χ3v) is 1.93. The highest BCUT2D eigenvalue weighted by atomic mass is 16.5. The molecule has 0 saturated heterocycles. The highest BCUT2D eigenvalue weighted by Gasteiger charge is 1.94. The summed E-state index contributed by atoms with van der Waals surface area (Å²) in [6.07, 6.45) is 3.13. The minimum atomic E-state index is -0.162. The fourth-order valence-electron chi connectivity index (χ4n) is 1.09. The second kappa shape index (κ2) is 6.63. The van der Waals surface area contributed by atoms with Crippen molar-refractivity contribution in [1.82, 2.24) is 5.32 Å². The van der Waals surface area contributed by atoms with E-state index in [1.807, 2.05) is 0 Å². The molecule has 0 aromatic heterocycles. The number of hydrogen-bond acceptors (Lipinski definition) is 3. The summed E-state index contributed by atoms with van der Waals surface area (Å²) < 4.78 is 4.80. The first-order valence-electron chi connectivity index (χ1n) is 4.96. The summed E-state index contributed by atoms with van der Waals surface area (Å²) in [6, 6.07) is 6.60. The van der Waals surface area contributed by atoms with Crippen molar-refractivity contribution < 1.29 is 14.6 Å². The van der Waals surface area contributed by atoms with E-state index in [0.717, 1.165) is 5.56 Å². The van der Waals surface area contributed by atoms with E-state index >= 15 is 0 Å². The van der Waals surface area contributed by atoms with Crippen LogP contribution >= 0.6 is 0 Å². The zero-order valence-corrected chi connectivity index (χ0v) is 9.14. The molecule has 0 heterocycles. The molecule has 1 aromatic rings. The number of ether oxygens (including phenoxy) is 1. The molecule has 86 valence electrons. The molecule has 0 saturated carbocycles. The predicted molar refractivity (Wildman–Crippen MR) is 62.0 cm³/mol. The van der Waals surface area contributed by atoms with Crippen molar-refractivity contribution in [3.63, 3.8) is 0 Å². The smallest absolute Gasteiger partial charge is 0.244 e. The van der Waals surface area contributed by atoms with Gasteiger partial charge in [-0.15, -0.1) is 0 Å². The second-order valence-electron chi connectivity index (χ2n) is 3.21. The van der Waals surface area contributed by atoms with Crippen LogP contribution in [0, 0.1) is 0 Å². The summed E-state index contributed by atoms with van der Waals surface area (Å²) in [5.74, 6) is 0.0480. The Hall–Kier alpha value is -1.81. The minimum Gasteiger partial charge on any atom is -0.508 e. The zero-order chi connectivity index (χ0) is 11.8. The van der Waals surface area contributed by atoms with Crippen LogP contribution in [0.5, 0.6) is 5.75 Å². The van der Waals surface area contributed by atoms with Crippen LogP contribution in [0.4, 0.5) is 0 Å². The van der Waals surface area contributed by atoms with Gasteiger partial charge < -0.3 is 15.2 Å². The maximum atomic E-state index is 11.3. The SMILES string of the molecule is COCCNC(=O)/C=C/c1ccc(O)cc1. The molecule has 0 unspecified atom stereocenters. The van der Waals surface area contributed by atoms with Gasteiger partial charge in [0.25, 0.3) is 0 Å². The van der Waals surface area contributed by atoms with Gasteiger partial charge in [-0.2, -0.15) is 0 Å². The standard InChI is InChI=1S/C12H15NO3/c1-16-9-8-13-12(15)7-4-10-2-5-11(14)6-3-10/h2-7,14H,8-9H2,1H3,(H,13,15)/b7-4+. The van der Waals surface area contributed by atoms with Crippen molar-refractivity contribution in [2.24, 2.45) is 0 Å². The lowest BCUT2D eigenvalue weighted by atomic mass is 10.2. The number of rotatable bonds is 5. The van der Waals surface area contributed by atoms with E-state index in [2.05, 4.69) is 5.32 Å². The topological polar surface area (TPSA) is 58.6 Å². The number of phenols is 1. The fraction of sp³-hybridized carbons (Fsp3) is 0.250. The maximum Gasteiger partial charge on any atom is 0.244 e. The van der Waals surface area contributed by atoms with Gasteiger partial charge in [-0.3, -0.25) is 4.79 Å². The highest BCUT2D eigenvalue weighted by molar-refractivity contribution is 5.91. The molecule has 0 spiro atoms. The Morgan fingerprint density at radius 3 is 2.75 bits per heavy atom. The van der Waals surface area contributed by atoms with Crippen LogP contribution in [0.3, 0.4) is 0 Å². The van der Waals surface area contributed by atoms with Gasteiger partial charge in [-0.25, -0.2) is 0 Å². The lowest BCUT2D eigenvalue weighted by molar-refractivity contribution is -0.116. The molecule has 2 N–H and O–H groups in total. The van der Waals surface area contributed by atoms with Gasteiger partial charge in [0.1, 0.15) is 5.75 Å². The molecule has 0 aliphatic rings. The number of nitrogens with one attached hydrogen (secondary N) is 1. The second-order valence-corrected chi connectivity index (χ2v) is 3.21. The molecule has 0 aliphatic carbocycles. The van der Waals surface area contributed by atoms with E-state index in [1.165, 1.54) is 6.08 Å². The Balaban J connectivity index is 2.41. The van der Waals surface area contributed by atoms with E-state index in [0.29, 0.717) is 13.2 Å². The van der Waals surface area contributed by atoms with Gasteiger partial charge >= 0.3 is 0 Å². The molecule has 0 bridgehead atoms. The normalized spacial score (nSPS) is 10.6. The Kier molecular flexibility index (Phi) is 5.08. The molecule has 16 heavy (non-hydrogen) atoms. The van der Waals surface area contributed by atoms with Gasteiger partial charge in [0, 0.05) is 19.7 Å². The van der Waals surface area contributed by atoms with Gasteiger partial charge in [0.05, 0.1) is 6.61 Å². The van der Waals surface area contributed by atoms with Gasteiger partial charge in [-0.1, -0.05) is 12.1 Å². The van der Waals surface area contributed by atoms with Crippen LogP contribution in [0.15, 0.2) is 30.3 Å². The monoisotopic (exact) mass is 221 g/mol. The number of amides is 1. The molecular formula is C12H15NO3. The Morgan fingerprint density at radius 1 is 1.44 bits per heavy atom. The number of carbonyl (C=O) groups is 1. The third-order valence-electron chi connectivity index (χ3n) is 1.93. The third kappa shape index (κ3) is 4.61. The molecular weight excluding hydrogens is 206 g/mol. The van der Waals surface area contributed by atoms with Crippen LogP contribution < -0.4 is 5.32 Å². The number of phenolic OH excluding ortho intramolecular Hbond substituents is 1. The van der Waals surface area contributed by atoms with Crippen LogP contribution in [-0.2, 0) is 9.53 Å². The summed E-state index contributed by atoms with van der Waals surface area (Å²) in [7, 11) is 1.58. The maximum absolute atomic E-state index is 11.3. The van der Waals surface area contributed by atoms with Crippen molar-refractivity contribution in [3.8, 4) is 5.75 Å². The molecule has 4 heteroatoms. The number of methoxy groups -OCH3 is 1. The lowest BCUT2D eigenvalue weighted by Crippen LogP contribution is -2.24. The van der Waals surface area contributed by atoms with Crippen molar-refractivity contribution in [1.29, 1.82) is 0 Å². The number of carbonyl (C=O) groups excluding carboxylic acids is 1. The first-order valence-corrected chi connectivity index (χ1v) is 4.96. The Morgan fingerprint density at radius 2 is 2.12 bits per heavy atom.